The first-order chi connectivity index (χ1) is 15.2. The van der Waals surface area contributed by atoms with E-state index in [-0.39, 0.29) is 17.0 Å². The molecular formula is C29H32BrOP. The maximum atomic E-state index is 6.51. The van der Waals surface area contributed by atoms with Crippen LogP contribution in [0.2, 0.25) is 0 Å². The van der Waals surface area contributed by atoms with E-state index in [1.807, 2.05) is 0 Å². The average Bonchev–Trinajstić information content (AvgIpc) is 2.82. The van der Waals surface area contributed by atoms with Gasteiger partial charge in [-0.3, -0.25) is 0 Å². The van der Waals surface area contributed by atoms with Crippen LogP contribution in [-0.2, 0) is 4.74 Å². The molecule has 0 radical (unpaired) electrons. The molecule has 3 aromatic rings. The minimum Gasteiger partial charge on any atom is -1.00 e. The van der Waals surface area contributed by atoms with Crippen LogP contribution in [-0.4, -0.2) is 6.61 Å². The molecule has 32 heavy (non-hydrogen) atoms. The molecule has 0 bridgehead atoms. The van der Waals surface area contributed by atoms with Crippen LogP contribution in [0.3, 0.4) is 0 Å². The summed E-state index contributed by atoms with van der Waals surface area (Å²) >= 11 is 0. The number of benzene rings is 3. The van der Waals surface area contributed by atoms with Gasteiger partial charge in [0.15, 0.2) is 0 Å². The van der Waals surface area contributed by atoms with Crippen molar-refractivity contribution in [2.24, 2.45) is 0 Å². The zero-order valence-electron chi connectivity index (χ0n) is 19.0. The number of halogens is 1. The molecule has 4 rings (SSSR count). The summed E-state index contributed by atoms with van der Waals surface area (Å²) in [6.07, 6.45) is 6.73. The van der Waals surface area contributed by atoms with Gasteiger partial charge in [0.05, 0.1) is 0 Å². The van der Waals surface area contributed by atoms with E-state index in [0.29, 0.717) is 6.61 Å². The molecule has 0 unspecified atom stereocenters. The monoisotopic (exact) mass is 506 g/mol. The first-order valence-electron chi connectivity index (χ1n) is 11.3. The molecule has 166 valence electrons. The Kier molecular flexibility index (Phi) is 8.91. The van der Waals surface area contributed by atoms with Gasteiger partial charge in [-0.2, -0.15) is 0 Å². The van der Waals surface area contributed by atoms with Gasteiger partial charge in [0.25, 0.3) is 0 Å². The third kappa shape index (κ3) is 5.08. The third-order valence-electron chi connectivity index (χ3n) is 5.97. The molecule has 0 saturated carbocycles. The lowest BCUT2D eigenvalue weighted by atomic mass is 10.1. The van der Waals surface area contributed by atoms with E-state index in [1.165, 1.54) is 45.4 Å². The van der Waals surface area contributed by atoms with Gasteiger partial charge < -0.3 is 21.7 Å². The van der Waals surface area contributed by atoms with Gasteiger partial charge in [-0.05, 0) is 69.2 Å². The van der Waals surface area contributed by atoms with E-state index < -0.39 is 7.26 Å². The Bertz CT molecular complexity index is 942. The van der Waals surface area contributed by atoms with Gasteiger partial charge in [-0.15, -0.1) is 0 Å². The maximum absolute atomic E-state index is 6.51. The molecule has 0 amide bonds. The van der Waals surface area contributed by atoms with Crippen molar-refractivity contribution < 1.29 is 21.7 Å². The van der Waals surface area contributed by atoms with Crippen LogP contribution >= 0.6 is 7.26 Å². The van der Waals surface area contributed by atoms with Crippen LogP contribution in [0.25, 0.3) is 0 Å². The van der Waals surface area contributed by atoms with Crippen LogP contribution in [0.15, 0.2) is 114 Å². The standard InChI is InChI=1S/C29H32OP.BrH/c1-24(2)22-23-30-28-20-12-13-21-29(28)31(25-14-6-3-7-15-25,26-16-8-4-9-17-26)27-18-10-5-11-19-27;/h3-11,14-19,22H,12-13,20-21,23H2,1-2H3;1H/q+1;/p-1. The predicted molar refractivity (Wildman–Crippen MR) is 136 cm³/mol. The van der Waals surface area contributed by atoms with Crippen molar-refractivity contribution in [2.45, 2.75) is 39.5 Å². The molecule has 0 N–H and O–H groups in total. The fraction of sp³-hybridized carbons (Fsp3) is 0.241. The van der Waals surface area contributed by atoms with Crippen molar-refractivity contribution in [3.63, 3.8) is 0 Å². The highest BCUT2D eigenvalue weighted by Crippen LogP contribution is 2.65. The molecule has 1 aliphatic rings. The molecule has 1 nitrogen and oxygen atoms in total. The molecule has 3 aromatic carbocycles. The molecule has 0 atom stereocenters. The summed E-state index contributed by atoms with van der Waals surface area (Å²) < 4.78 is 6.51. The van der Waals surface area contributed by atoms with Crippen molar-refractivity contribution >= 4 is 23.2 Å². The summed E-state index contributed by atoms with van der Waals surface area (Å²) in [6, 6.07) is 33.4. The van der Waals surface area contributed by atoms with Crippen LogP contribution in [0.1, 0.15) is 39.5 Å². The van der Waals surface area contributed by atoms with E-state index in [9.17, 15) is 0 Å². The molecule has 3 heteroatoms. The van der Waals surface area contributed by atoms with Crippen LogP contribution in [0.4, 0.5) is 0 Å². The molecule has 0 heterocycles. The van der Waals surface area contributed by atoms with Crippen molar-refractivity contribution in [3.8, 4) is 0 Å². The minimum atomic E-state index is -2.01. The normalized spacial score (nSPS) is 13.8. The number of allylic oxidation sites excluding steroid dienone is 3. The topological polar surface area (TPSA) is 9.23 Å². The fourth-order valence-electron chi connectivity index (χ4n) is 4.55. The predicted octanol–water partition coefficient (Wildman–Crippen LogP) is 3.75. The van der Waals surface area contributed by atoms with Crippen molar-refractivity contribution in [1.82, 2.24) is 0 Å². The minimum absolute atomic E-state index is 0. The Morgan fingerprint density at radius 2 is 1.16 bits per heavy atom. The molecular weight excluding hydrogens is 475 g/mol. The van der Waals surface area contributed by atoms with Crippen LogP contribution in [0.5, 0.6) is 0 Å². The lowest BCUT2D eigenvalue weighted by Crippen LogP contribution is -3.00. The molecule has 1 aliphatic carbocycles. The zero-order chi connectivity index (χ0) is 21.5. The average molecular weight is 507 g/mol. The van der Waals surface area contributed by atoms with Gasteiger partial charge in [0.1, 0.15) is 40.9 Å². The summed E-state index contributed by atoms with van der Waals surface area (Å²) in [5.74, 6) is 1.22. The van der Waals surface area contributed by atoms with Crippen molar-refractivity contribution in [3.05, 3.63) is 114 Å². The second-order valence-electron chi connectivity index (χ2n) is 8.35. The van der Waals surface area contributed by atoms with Crippen molar-refractivity contribution in [2.75, 3.05) is 6.61 Å². The van der Waals surface area contributed by atoms with Gasteiger partial charge in [-0.1, -0.05) is 60.2 Å². The quantitative estimate of drug-likeness (QED) is 0.350. The first kappa shape index (κ1) is 24.5. The van der Waals surface area contributed by atoms with E-state index in [4.69, 9.17) is 4.74 Å². The summed E-state index contributed by atoms with van der Waals surface area (Å²) in [5.41, 5.74) is 1.30. The molecule has 0 fully saturated rings. The summed E-state index contributed by atoms with van der Waals surface area (Å²) in [6.45, 7) is 4.92. The van der Waals surface area contributed by atoms with Gasteiger partial charge >= 0.3 is 0 Å². The summed E-state index contributed by atoms with van der Waals surface area (Å²) in [7, 11) is -2.01. The highest BCUT2D eigenvalue weighted by Gasteiger charge is 2.51. The van der Waals surface area contributed by atoms with E-state index in [2.05, 4.69) is 111 Å². The number of hydrogen-bond donors (Lipinski definition) is 0. The van der Waals surface area contributed by atoms with Crippen LogP contribution < -0.4 is 32.9 Å². The van der Waals surface area contributed by atoms with Crippen molar-refractivity contribution in [1.29, 1.82) is 0 Å². The maximum Gasteiger partial charge on any atom is 0.143 e. The third-order valence-corrected chi connectivity index (χ3v) is 10.5. The Hall–Kier alpha value is -2.15. The van der Waals surface area contributed by atoms with E-state index in [1.54, 1.807) is 0 Å². The zero-order valence-corrected chi connectivity index (χ0v) is 21.5. The second-order valence-corrected chi connectivity index (χ2v) is 11.8. The smallest absolute Gasteiger partial charge is 0.143 e. The fourth-order valence-corrected chi connectivity index (χ4v) is 9.28. The number of rotatable bonds is 7. The highest BCUT2D eigenvalue weighted by atomic mass is 79.9. The Balaban J connectivity index is 0.00000289. The molecule has 0 saturated heterocycles. The lowest BCUT2D eigenvalue weighted by molar-refractivity contribution is -0.00000694. The Morgan fingerprint density at radius 1 is 0.719 bits per heavy atom. The van der Waals surface area contributed by atoms with Crippen LogP contribution in [0, 0.1) is 0 Å². The number of hydrogen-bond acceptors (Lipinski definition) is 1. The van der Waals surface area contributed by atoms with E-state index >= 15 is 0 Å². The largest absolute Gasteiger partial charge is 1.00 e. The molecule has 0 aromatic heterocycles. The molecule has 0 spiro atoms. The number of ether oxygens (including phenoxy) is 1. The molecule has 0 aliphatic heterocycles. The van der Waals surface area contributed by atoms with Gasteiger partial charge in [0, 0.05) is 12.8 Å². The van der Waals surface area contributed by atoms with Gasteiger partial charge in [0.2, 0.25) is 0 Å². The Morgan fingerprint density at radius 3 is 1.59 bits per heavy atom. The summed E-state index contributed by atoms with van der Waals surface area (Å²) in [5, 5.41) is 5.75. The van der Waals surface area contributed by atoms with Gasteiger partial charge in [-0.25, -0.2) is 0 Å². The SMILES string of the molecule is CC(C)=CCOC1=C([P+](c2ccccc2)(c2ccccc2)c2ccccc2)CCCC1.[Br-]. The highest BCUT2D eigenvalue weighted by molar-refractivity contribution is 7.99. The lowest BCUT2D eigenvalue weighted by Gasteiger charge is -2.33. The first-order valence-corrected chi connectivity index (χ1v) is 13.1. The Labute approximate surface area is 204 Å². The van der Waals surface area contributed by atoms with E-state index in [0.717, 1.165) is 12.8 Å². The summed E-state index contributed by atoms with van der Waals surface area (Å²) in [4.78, 5) is 0. The second kappa shape index (κ2) is 11.6.